The molecule has 3 N–H and O–H groups in total. The smallest absolute Gasteiger partial charge is 0.344 e. The number of carbonyl (C=O) groups is 4. The summed E-state index contributed by atoms with van der Waals surface area (Å²) in [6.45, 7) is 14.4. The fraction of sp³-hybridized carbons (Fsp3) is 0.328. The molecule has 386 valence electrons. The number of thiazole rings is 1. The number of pyridine rings is 4. The number of benzene rings is 2. The summed E-state index contributed by atoms with van der Waals surface area (Å²) in [5.74, 6) is -0.747. The van der Waals surface area contributed by atoms with Crippen LogP contribution in [0.5, 0.6) is 11.8 Å². The number of nitrogens with one attached hydrogen (secondary N) is 1. The predicted molar refractivity (Wildman–Crippen MR) is 286 cm³/mol. The molecule has 2 aromatic carbocycles. The second kappa shape index (κ2) is 26.4. The van der Waals surface area contributed by atoms with E-state index in [-0.39, 0.29) is 49.4 Å². The van der Waals surface area contributed by atoms with Crippen LogP contribution in [-0.4, -0.2) is 84.9 Å². The summed E-state index contributed by atoms with van der Waals surface area (Å²) < 4.78 is 22.1. The Morgan fingerprint density at radius 3 is 1.51 bits per heavy atom. The lowest BCUT2D eigenvalue weighted by molar-refractivity contribution is -0.158. The first-order chi connectivity index (χ1) is 35.3. The molecule has 0 aliphatic carbocycles. The van der Waals surface area contributed by atoms with Crippen molar-refractivity contribution in [1.29, 1.82) is 0 Å². The van der Waals surface area contributed by atoms with E-state index in [1.54, 1.807) is 71.8 Å². The van der Waals surface area contributed by atoms with Gasteiger partial charge in [0.2, 0.25) is 11.8 Å². The van der Waals surface area contributed by atoms with E-state index < -0.39 is 35.2 Å². The van der Waals surface area contributed by atoms with Crippen molar-refractivity contribution in [2.24, 2.45) is 5.73 Å². The van der Waals surface area contributed by atoms with Gasteiger partial charge in [0.15, 0.2) is 24.8 Å². The summed E-state index contributed by atoms with van der Waals surface area (Å²) in [7, 11) is 0. The first kappa shape index (κ1) is 55.8. The van der Waals surface area contributed by atoms with Crippen LogP contribution in [0.4, 0.5) is 0 Å². The van der Waals surface area contributed by atoms with E-state index in [1.807, 2.05) is 116 Å². The van der Waals surface area contributed by atoms with E-state index in [0.29, 0.717) is 30.5 Å². The molecule has 15 nitrogen and oxygen atoms in total. The van der Waals surface area contributed by atoms with Crippen molar-refractivity contribution in [2.45, 2.75) is 111 Å². The second-order valence-electron chi connectivity index (χ2n) is 19.7. The van der Waals surface area contributed by atoms with Crippen LogP contribution in [0, 0.1) is 13.8 Å². The van der Waals surface area contributed by atoms with Crippen LogP contribution in [0.2, 0.25) is 0 Å². The third-order valence-corrected chi connectivity index (χ3v) is 11.6. The lowest BCUT2D eigenvalue weighted by atomic mass is 9.96. The lowest BCUT2D eigenvalue weighted by Gasteiger charge is -2.20. The van der Waals surface area contributed by atoms with Gasteiger partial charge < -0.3 is 30.0 Å². The Labute approximate surface area is 437 Å². The Balaban J connectivity index is 0.000000244. The van der Waals surface area contributed by atoms with Crippen molar-refractivity contribution >= 4 is 34.8 Å². The molecule has 0 aliphatic rings. The number of hydrogen-bond donors (Lipinski definition) is 2. The first-order valence-electron chi connectivity index (χ1n) is 24.3. The highest BCUT2D eigenvalue weighted by Crippen LogP contribution is 2.28. The predicted octanol–water partition coefficient (Wildman–Crippen LogP) is 9.00. The molecule has 5 aromatic heterocycles. The zero-order chi connectivity index (χ0) is 53.3. The van der Waals surface area contributed by atoms with Crippen LogP contribution in [0.3, 0.4) is 0 Å². The normalized spacial score (nSPS) is 12.1. The van der Waals surface area contributed by atoms with E-state index in [9.17, 15) is 19.2 Å². The molecule has 0 unspecified atom stereocenters. The molecular weight excluding hydrogens is 955 g/mol. The van der Waals surface area contributed by atoms with Gasteiger partial charge in [0, 0.05) is 83.2 Å². The number of aromatic nitrogens is 5. The first-order valence-corrected chi connectivity index (χ1v) is 25.2. The van der Waals surface area contributed by atoms with E-state index in [1.165, 1.54) is 11.3 Å². The summed E-state index contributed by atoms with van der Waals surface area (Å²) in [6.07, 6.45) is 7.84. The molecule has 0 saturated carbocycles. The Morgan fingerprint density at radius 1 is 0.595 bits per heavy atom. The van der Waals surface area contributed by atoms with Gasteiger partial charge in [-0.05, 0) is 127 Å². The molecule has 5 heterocycles. The van der Waals surface area contributed by atoms with Crippen LogP contribution in [0.15, 0.2) is 133 Å². The van der Waals surface area contributed by atoms with Crippen molar-refractivity contribution in [3.63, 3.8) is 0 Å². The number of rotatable bonds is 21. The highest BCUT2D eigenvalue weighted by Gasteiger charge is 2.25. The van der Waals surface area contributed by atoms with Crippen LogP contribution < -0.4 is 20.5 Å². The Bertz CT molecular complexity index is 2960. The van der Waals surface area contributed by atoms with Crippen LogP contribution in [0.25, 0.3) is 22.3 Å². The van der Waals surface area contributed by atoms with Gasteiger partial charge in [-0.2, -0.15) is 0 Å². The minimum absolute atomic E-state index is 0.0222. The van der Waals surface area contributed by atoms with Crippen molar-refractivity contribution < 1.29 is 38.1 Å². The van der Waals surface area contributed by atoms with Crippen molar-refractivity contribution in [1.82, 2.24) is 30.2 Å². The summed E-state index contributed by atoms with van der Waals surface area (Å²) in [5.41, 5.74) is 16.0. The molecule has 2 atom stereocenters. The summed E-state index contributed by atoms with van der Waals surface area (Å²) in [4.78, 5) is 73.0. The lowest BCUT2D eigenvalue weighted by Crippen LogP contribution is -2.39. The number of esters is 2. The van der Waals surface area contributed by atoms with Crippen molar-refractivity contribution in [3.8, 4) is 34.0 Å². The topological polar surface area (TPSA) is 208 Å². The average molecular weight is 1020 g/mol. The number of ether oxygens (including phenoxy) is 4. The molecule has 0 saturated heterocycles. The molecule has 7 aromatic rings. The Morgan fingerprint density at radius 2 is 1.07 bits per heavy atom. The minimum Gasteiger partial charge on any atom is -0.465 e. The Kier molecular flexibility index (Phi) is 19.9. The standard InChI is InChI=1S/C31H34N4O4S.C27H31N3O4/c1-21-12-23(10-11-32-21)25-14-24(30(34-16-25)38-18-29(37)39-31(2,3)4)15-28(36)27(13-22-8-6-5-7-9-22)33-17-26-19-40-20-35-26;1-18-12-20(10-11-29-18)22-14-21(15-24(31)23(28)13-19-8-6-5-7-9-19)26(30-16-22)33-17-25(32)34-27(2,3)4/h5-12,14,16,19-20,27,33H,13,15,17-18H2,1-4H3;5-12,14,16,23H,13,15,17,28H2,1-4H3/t27-;23-/m00/s1. The van der Waals surface area contributed by atoms with E-state index >= 15 is 0 Å². The maximum atomic E-state index is 13.8. The molecule has 74 heavy (non-hydrogen) atoms. The minimum atomic E-state index is -0.673. The number of nitrogens with two attached hydrogens (primary N) is 1. The molecule has 0 radical (unpaired) electrons. The molecule has 0 aliphatic heterocycles. The third-order valence-electron chi connectivity index (χ3n) is 10.9. The highest BCUT2D eigenvalue weighted by molar-refractivity contribution is 7.07. The molecular formula is C58H65N7O8S. The fourth-order valence-corrected chi connectivity index (χ4v) is 8.14. The monoisotopic (exact) mass is 1020 g/mol. The van der Waals surface area contributed by atoms with Crippen LogP contribution in [0.1, 0.15) is 80.9 Å². The SMILES string of the molecule is Cc1cc(-c2cnc(OCC(=O)OC(C)(C)C)c(CC(=O)[C@@H](N)Cc3ccccc3)c2)ccn1.Cc1cc(-c2cnc(OCC(=O)OC(C)(C)C)c(CC(=O)[C@H](Cc3ccccc3)NCc3cscn3)c2)ccn1. The number of carbonyl (C=O) groups excluding carboxylic acids is 4. The van der Waals surface area contributed by atoms with Crippen molar-refractivity contribution in [3.05, 3.63) is 172 Å². The average Bonchev–Trinajstić information content (AvgIpc) is 3.88. The van der Waals surface area contributed by atoms with Gasteiger partial charge in [0.05, 0.1) is 23.3 Å². The van der Waals surface area contributed by atoms with E-state index in [2.05, 4.69) is 30.2 Å². The van der Waals surface area contributed by atoms with Gasteiger partial charge in [-0.25, -0.2) is 24.5 Å². The van der Waals surface area contributed by atoms with E-state index in [0.717, 1.165) is 50.5 Å². The van der Waals surface area contributed by atoms with Crippen molar-refractivity contribution in [2.75, 3.05) is 13.2 Å². The highest BCUT2D eigenvalue weighted by atomic mass is 32.1. The number of nitrogens with zero attached hydrogens (tertiary/aromatic N) is 5. The van der Waals surface area contributed by atoms with Gasteiger partial charge in [-0.3, -0.25) is 19.6 Å². The molecule has 16 heteroatoms. The molecule has 0 fully saturated rings. The number of hydrogen-bond acceptors (Lipinski definition) is 16. The zero-order valence-electron chi connectivity index (χ0n) is 43.3. The van der Waals surface area contributed by atoms with Gasteiger partial charge in [0.1, 0.15) is 11.2 Å². The summed E-state index contributed by atoms with van der Waals surface area (Å²) in [5, 5.41) is 5.35. The van der Waals surface area contributed by atoms with E-state index in [4.69, 9.17) is 24.7 Å². The van der Waals surface area contributed by atoms with Gasteiger partial charge in [-0.15, -0.1) is 11.3 Å². The maximum absolute atomic E-state index is 13.8. The summed E-state index contributed by atoms with van der Waals surface area (Å²) in [6, 6.07) is 29.8. The maximum Gasteiger partial charge on any atom is 0.344 e. The van der Waals surface area contributed by atoms with Gasteiger partial charge >= 0.3 is 11.9 Å². The third kappa shape index (κ3) is 18.5. The Hall–Kier alpha value is -7.53. The molecule has 0 spiro atoms. The fourth-order valence-electron chi connectivity index (χ4n) is 7.59. The number of ketones is 2. The largest absolute Gasteiger partial charge is 0.465 e. The molecule has 0 amide bonds. The van der Waals surface area contributed by atoms with Gasteiger partial charge in [-0.1, -0.05) is 60.7 Å². The number of aryl methyl sites for hydroxylation is 2. The molecule has 0 bridgehead atoms. The molecule has 7 rings (SSSR count). The van der Waals surface area contributed by atoms with Crippen LogP contribution >= 0.6 is 11.3 Å². The van der Waals surface area contributed by atoms with Gasteiger partial charge in [0.25, 0.3) is 0 Å². The zero-order valence-corrected chi connectivity index (χ0v) is 44.1. The quantitative estimate of drug-likeness (QED) is 0.0644. The summed E-state index contributed by atoms with van der Waals surface area (Å²) >= 11 is 1.52. The second-order valence-corrected chi connectivity index (χ2v) is 20.4. The number of Topliss-reactive ketones (excluding diaryl/α,β-unsaturated/α-hetero) is 2. The van der Waals surface area contributed by atoms with Crippen LogP contribution in [-0.2, 0) is 60.9 Å².